The molecule has 0 aliphatic heterocycles. The molecule has 0 atom stereocenters. The molecule has 1 heterocycles. The first-order valence-electron chi connectivity index (χ1n) is 6.52. The molecule has 20 heavy (non-hydrogen) atoms. The third kappa shape index (κ3) is 4.38. The molecular weight excluding hydrogens is 268 g/mol. The predicted molar refractivity (Wildman–Crippen MR) is 82.7 cm³/mol. The fourth-order valence-electron chi connectivity index (χ4n) is 1.75. The average Bonchev–Trinajstić information content (AvgIpc) is 2.47. The molecule has 0 saturated heterocycles. The molecule has 0 aliphatic rings. The lowest BCUT2D eigenvalue weighted by atomic mass is 10.2. The van der Waals surface area contributed by atoms with Crippen molar-refractivity contribution < 1.29 is 4.79 Å². The lowest BCUT2D eigenvalue weighted by Crippen LogP contribution is -2.24. The van der Waals surface area contributed by atoms with Crippen molar-refractivity contribution >= 4 is 17.7 Å². The number of amides is 1. The second kappa shape index (κ2) is 7.10. The predicted octanol–water partition coefficient (Wildman–Crippen LogP) is 3.11. The number of hydrogen-bond acceptors (Lipinski definition) is 3. The molecule has 2 rings (SSSR count). The van der Waals surface area contributed by atoms with Gasteiger partial charge in [-0.05, 0) is 37.6 Å². The van der Waals surface area contributed by atoms with Crippen molar-refractivity contribution in [3.63, 3.8) is 0 Å². The van der Waals surface area contributed by atoms with Crippen molar-refractivity contribution in [2.75, 3.05) is 5.75 Å². The van der Waals surface area contributed by atoms with E-state index in [-0.39, 0.29) is 5.91 Å². The molecule has 1 aromatic carbocycles. The Balaban J connectivity index is 1.82. The van der Waals surface area contributed by atoms with Crippen molar-refractivity contribution in [2.45, 2.75) is 25.3 Å². The Morgan fingerprint density at radius 2 is 2.10 bits per heavy atom. The first-order chi connectivity index (χ1) is 9.65. The number of hydrogen-bond donors (Lipinski definition) is 1. The summed E-state index contributed by atoms with van der Waals surface area (Å²) in [7, 11) is 0. The second-order valence-electron chi connectivity index (χ2n) is 4.66. The van der Waals surface area contributed by atoms with E-state index in [0.29, 0.717) is 12.3 Å². The first kappa shape index (κ1) is 14.6. The topological polar surface area (TPSA) is 42.0 Å². The van der Waals surface area contributed by atoms with Crippen LogP contribution < -0.4 is 5.32 Å². The fraction of sp³-hybridized carbons (Fsp3) is 0.250. The molecule has 0 spiro atoms. The Hall–Kier alpha value is -1.81. The highest BCUT2D eigenvalue weighted by atomic mass is 32.2. The largest absolute Gasteiger partial charge is 0.350 e. The maximum Gasteiger partial charge on any atom is 0.230 e. The molecule has 1 N–H and O–H groups in total. The summed E-state index contributed by atoms with van der Waals surface area (Å²) in [6.45, 7) is 4.60. The molecule has 4 heteroatoms. The number of rotatable bonds is 5. The van der Waals surface area contributed by atoms with Crippen molar-refractivity contribution in [3.05, 3.63) is 59.4 Å². The highest BCUT2D eigenvalue weighted by Gasteiger charge is 2.05. The number of carbonyl (C=O) groups is 1. The molecule has 104 valence electrons. The minimum Gasteiger partial charge on any atom is -0.350 e. The lowest BCUT2D eigenvalue weighted by molar-refractivity contribution is -0.118. The summed E-state index contributed by atoms with van der Waals surface area (Å²) in [6, 6.07) is 12.0. The maximum atomic E-state index is 11.8. The van der Waals surface area contributed by atoms with Crippen LogP contribution in [0.25, 0.3) is 0 Å². The maximum absolute atomic E-state index is 11.8. The molecule has 0 radical (unpaired) electrons. The van der Waals surface area contributed by atoms with E-state index in [1.54, 1.807) is 18.0 Å². The molecule has 0 aliphatic carbocycles. The smallest absolute Gasteiger partial charge is 0.230 e. The van der Waals surface area contributed by atoms with Gasteiger partial charge < -0.3 is 5.32 Å². The van der Waals surface area contributed by atoms with E-state index in [9.17, 15) is 4.79 Å². The molecular formula is C16H18N2OS. The van der Waals surface area contributed by atoms with Crippen LogP contribution >= 0.6 is 11.8 Å². The summed E-state index contributed by atoms with van der Waals surface area (Å²) >= 11 is 1.57. The SMILES string of the molecule is Cc1ccc(C)c(SCC(=O)NCc2ccccn2)c1. The second-order valence-corrected chi connectivity index (χ2v) is 5.67. The van der Waals surface area contributed by atoms with Gasteiger partial charge in [0, 0.05) is 11.1 Å². The van der Waals surface area contributed by atoms with Crippen molar-refractivity contribution in [1.82, 2.24) is 10.3 Å². The van der Waals surface area contributed by atoms with Gasteiger partial charge in [0.05, 0.1) is 18.0 Å². The number of aryl methyl sites for hydroxylation is 2. The Bertz CT molecular complexity index is 584. The third-order valence-corrected chi connectivity index (χ3v) is 4.05. The van der Waals surface area contributed by atoms with E-state index in [1.807, 2.05) is 18.2 Å². The first-order valence-corrected chi connectivity index (χ1v) is 7.50. The van der Waals surface area contributed by atoms with Gasteiger partial charge in [0.1, 0.15) is 0 Å². The van der Waals surface area contributed by atoms with E-state index < -0.39 is 0 Å². The zero-order valence-corrected chi connectivity index (χ0v) is 12.5. The van der Waals surface area contributed by atoms with Gasteiger partial charge in [0.15, 0.2) is 0 Å². The summed E-state index contributed by atoms with van der Waals surface area (Å²) in [6.07, 6.45) is 1.73. The van der Waals surface area contributed by atoms with Gasteiger partial charge in [0.2, 0.25) is 5.91 Å². The third-order valence-electron chi connectivity index (χ3n) is 2.90. The summed E-state index contributed by atoms with van der Waals surface area (Å²) in [5.74, 6) is 0.457. The van der Waals surface area contributed by atoms with Gasteiger partial charge in [-0.25, -0.2) is 0 Å². The standard InChI is InChI=1S/C16H18N2OS/c1-12-6-7-13(2)15(9-12)20-11-16(19)18-10-14-5-3-4-8-17-14/h3-9H,10-11H2,1-2H3,(H,18,19). The van der Waals surface area contributed by atoms with E-state index in [0.717, 1.165) is 10.6 Å². The molecule has 0 fully saturated rings. The van der Waals surface area contributed by atoms with Crippen LogP contribution in [-0.4, -0.2) is 16.6 Å². The van der Waals surface area contributed by atoms with Crippen LogP contribution in [0.3, 0.4) is 0 Å². The zero-order valence-electron chi connectivity index (χ0n) is 11.7. The Kier molecular flexibility index (Phi) is 5.18. The van der Waals surface area contributed by atoms with Crippen LogP contribution in [0.4, 0.5) is 0 Å². The van der Waals surface area contributed by atoms with E-state index >= 15 is 0 Å². The number of aromatic nitrogens is 1. The molecule has 0 unspecified atom stereocenters. The lowest BCUT2D eigenvalue weighted by Gasteiger charge is -2.07. The summed E-state index contributed by atoms with van der Waals surface area (Å²) in [5.41, 5.74) is 3.29. The quantitative estimate of drug-likeness (QED) is 0.859. The molecule has 1 aromatic heterocycles. The minimum atomic E-state index is 0.0292. The van der Waals surface area contributed by atoms with E-state index in [1.165, 1.54) is 11.1 Å². The number of pyridine rings is 1. The fourth-order valence-corrected chi connectivity index (χ4v) is 2.70. The van der Waals surface area contributed by atoms with Crippen LogP contribution in [0.5, 0.6) is 0 Å². The average molecular weight is 286 g/mol. The van der Waals surface area contributed by atoms with Gasteiger partial charge in [-0.2, -0.15) is 0 Å². The number of nitrogens with zero attached hydrogens (tertiary/aromatic N) is 1. The van der Waals surface area contributed by atoms with Crippen molar-refractivity contribution in [2.24, 2.45) is 0 Å². The highest BCUT2D eigenvalue weighted by Crippen LogP contribution is 2.23. The number of nitrogens with one attached hydrogen (secondary N) is 1. The Morgan fingerprint density at radius 1 is 1.25 bits per heavy atom. The molecule has 1 amide bonds. The number of thioether (sulfide) groups is 1. The van der Waals surface area contributed by atoms with Crippen LogP contribution in [0.2, 0.25) is 0 Å². The minimum absolute atomic E-state index is 0.0292. The van der Waals surface area contributed by atoms with Crippen LogP contribution in [-0.2, 0) is 11.3 Å². The van der Waals surface area contributed by atoms with E-state index in [2.05, 4.69) is 42.3 Å². The molecule has 3 nitrogen and oxygen atoms in total. The van der Waals surface area contributed by atoms with Crippen LogP contribution in [0.15, 0.2) is 47.5 Å². The zero-order chi connectivity index (χ0) is 14.4. The van der Waals surface area contributed by atoms with Gasteiger partial charge in [-0.15, -0.1) is 11.8 Å². The van der Waals surface area contributed by atoms with Crippen LogP contribution in [0, 0.1) is 13.8 Å². The summed E-state index contributed by atoms with van der Waals surface area (Å²) in [5, 5.41) is 2.88. The van der Waals surface area contributed by atoms with Gasteiger partial charge in [-0.3, -0.25) is 9.78 Å². The molecule has 2 aromatic rings. The van der Waals surface area contributed by atoms with Gasteiger partial charge in [-0.1, -0.05) is 23.8 Å². The Labute approximate surface area is 123 Å². The number of benzene rings is 1. The van der Waals surface area contributed by atoms with E-state index in [4.69, 9.17) is 0 Å². The van der Waals surface area contributed by atoms with Crippen molar-refractivity contribution in [3.8, 4) is 0 Å². The van der Waals surface area contributed by atoms with Gasteiger partial charge >= 0.3 is 0 Å². The molecule has 0 bridgehead atoms. The summed E-state index contributed by atoms with van der Waals surface area (Å²) in [4.78, 5) is 17.2. The number of carbonyl (C=O) groups excluding carboxylic acids is 1. The van der Waals surface area contributed by atoms with Gasteiger partial charge in [0.25, 0.3) is 0 Å². The highest BCUT2D eigenvalue weighted by molar-refractivity contribution is 8.00. The monoisotopic (exact) mass is 286 g/mol. The van der Waals surface area contributed by atoms with Crippen molar-refractivity contribution in [1.29, 1.82) is 0 Å². The summed E-state index contributed by atoms with van der Waals surface area (Å²) < 4.78 is 0. The Morgan fingerprint density at radius 3 is 2.85 bits per heavy atom. The molecule has 0 saturated carbocycles. The normalized spacial score (nSPS) is 10.3. The van der Waals surface area contributed by atoms with Crippen LogP contribution in [0.1, 0.15) is 16.8 Å².